The van der Waals surface area contributed by atoms with E-state index in [1.165, 1.54) is 6.08 Å². The number of hydrogen-bond donors (Lipinski definition) is 1. The smallest absolute Gasteiger partial charge is 0.247 e. The summed E-state index contributed by atoms with van der Waals surface area (Å²) in [5.41, 5.74) is 0.758. The van der Waals surface area contributed by atoms with Crippen molar-refractivity contribution >= 4 is 23.4 Å². The van der Waals surface area contributed by atoms with Gasteiger partial charge in [-0.1, -0.05) is 18.3 Å². The van der Waals surface area contributed by atoms with Gasteiger partial charge in [-0.2, -0.15) is 0 Å². The molecule has 0 heterocycles. The van der Waals surface area contributed by atoms with Gasteiger partial charge in [0.2, 0.25) is 5.91 Å². The fraction of sp³-hybridized carbons (Fsp3) is 0.0625. The van der Waals surface area contributed by atoms with Crippen molar-refractivity contribution in [1.29, 1.82) is 0 Å². The van der Waals surface area contributed by atoms with Crippen LogP contribution in [0.2, 0.25) is 0 Å². The van der Waals surface area contributed by atoms with Crippen LogP contribution >= 0.6 is 11.8 Å². The molecule has 0 radical (unpaired) electrons. The van der Waals surface area contributed by atoms with Crippen LogP contribution in [0.25, 0.3) is 0 Å². The summed E-state index contributed by atoms with van der Waals surface area (Å²) in [5.74, 6) is 0.636. The summed E-state index contributed by atoms with van der Waals surface area (Å²) < 4.78 is 5.13. The molecular formula is C16H15NO2S. The molecule has 102 valence electrons. The minimum absolute atomic E-state index is 0.208. The molecule has 0 fully saturated rings. The zero-order chi connectivity index (χ0) is 14.4. The van der Waals surface area contributed by atoms with Crippen molar-refractivity contribution < 1.29 is 9.53 Å². The fourth-order valence-corrected chi connectivity index (χ4v) is 2.40. The minimum Gasteiger partial charge on any atom is -0.497 e. The van der Waals surface area contributed by atoms with Crippen LogP contribution in [0.3, 0.4) is 0 Å². The predicted octanol–water partition coefficient (Wildman–Crippen LogP) is 3.97. The second-order valence-corrected chi connectivity index (χ2v) is 5.14. The lowest BCUT2D eigenvalue weighted by Crippen LogP contribution is -2.06. The molecule has 0 atom stereocenters. The Bertz CT molecular complexity index is 591. The number of nitrogens with one attached hydrogen (secondary N) is 1. The van der Waals surface area contributed by atoms with Crippen LogP contribution in [0.15, 0.2) is 71.0 Å². The normalized spacial score (nSPS) is 9.85. The molecule has 3 nitrogen and oxygen atoms in total. The second-order valence-electron chi connectivity index (χ2n) is 4.00. The zero-order valence-electron chi connectivity index (χ0n) is 11.1. The van der Waals surface area contributed by atoms with Gasteiger partial charge in [-0.15, -0.1) is 0 Å². The summed E-state index contributed by atoms with van der Waals surface area (Å²) in [5, 5.41) is 2.71. The lowest BCUT2D eigenvalue weighted by Gasteiger charge is -2.05. The van der Waals surface area contributed by atoms with E-state index >= 15 is 0 Å². The van der Waals surface area contributed by atoms with Crippen LogP contribution < -0.4 is 10.1 Å². The molecule has 20 heavy (non-hydrogen) atoms. The van der Waals surface area contributed by atoms with Crippen LogP contribution in [-0.2, 0) is 4.79 Å². The number of methoxy groups -OCH3 is 1. The standard InChI is InChI=1S/C16H15NO2S/c1-3-16(18)17-12-4-8-14(9-5-12)20-15-10-6-13(19-2)7-11-15/h3-11H,1H2,2H3,(H,17,18). The van der Waals surface area contributed by atoms with Crippen molar-refractivity contribution in [2.45, 2.75) is 9.79 Å². The largest absolute Gasteiger partial charge is 0.497 e. The first-order chi connectivity index (χ1) is 9.71. The van der Waals surface area contributed by atoms with Crippen LogP contribution in [0.1, 0.15) is 0 Å². The van der Waals surface area contributed by atoms with Crippen molar-refractivity contribution in [3.05, 3.63) is 61.2 Å². The zero-order valence-corrected chi connectivity index (χ0v) is 11.9. The Labute approximate surface area is 122 Å². The van der Waals surface area contributed by atoms with Gasteiger partial charge in [0.05, 0.1) is 7.11 Å². The molecule has 0 unspecified atom stereocenters. The van der Waals surface area contributed by atoms with Gasteiger partial charge in [0.25, 0.3) is 0 Å². The minimum atomic E-state index is -0.208. The maximum absolute atomic E-state index is 11.2. The highest BCUT2D eigenvalue weighted by molar-refractivity contribution is 7.99. The maximum atomic E-state index is 11.2. The molecule has 0 spiro atoms. The molecule has 0 saturated carbocycles. The third-order valence-corrected chi connectivity index (χ3v) is 3.62. The fourth-order valence-electron chi connectivity index (χ4n) is 1.58. The Morgan fingerprint density at radius 2 is 1.65 bits per heavy atom. The van der Waals surface area contributed by atoms with Gasteiger partial charge in [0.15, 0.2) is 0 Å². The Balaban J connectivity index is 2.02. The Morgan fingerprint density at radius 3 is 2.15 bits per heavy atom. The molecule has 1 amide bonds. The lowest BCUT2D eigenvalue weighted by atomic mass is 10.3. The van der Waals surface area contributed by atoms with Gasteiger partial charge >= 0.3 is 0 Å². The number of hydrogen-bond acceptors (Lipinski definition) is 3. The van der Waals surface area contributed by atoms with Crippen molar-refractivity contribution in [1.82, 2.24) is 0 Å². The number of carbonyl (C=O) groups is 1. The summed E-state index contributed by atoms with van der Waals surface area (Å²) >= 11 is 1.65. The van der Waals surface area contributed by atoms with Gasteiger partial charge in [0, 0.05) is 15.5 Å². The third-order valence-electron chi connectivity index (χ3n) is 2.60. The van der Waals surface area contributed by atoms with Gasteiger partial charge in [0.1, 0.15) is 5.75 Å². The number of carbonyl (C=O) groups excluding carboxylic acids is 1. The second kappa shape index (κ2) is 6.82. The van der Waals surface area contributed by atoms with Crippen LogP contribution in [0, 0.1) is 0 Å². The molecule has 0 aliphatic carbocycles. The topological polar surface area (TPSA) is 38.3 Å². The Hall–Kier alpha value is -2.20. The average molecular weight is 285 g/mol. The molecule has 0 bridgehead atoms. The SMILES string of the molecule is C=CC(=O)Nc1ccc(Sc2ccc(OC)cc2)cc1. The predicted molar refractivity (Wildman–Crippen MR) is 82.4 cm³/mol. The van der Waals surface area contributed by atoms with Gasteiger partial charge in [-0.05, 0) is 54.6 Å². The van der Waals surface area contributed by atoms with E-state index in [0.29, 0.717) is 0 Å². The Kier molecular flexibility index (Phi) is 4.85. The van der Waals surface area contributed by atoms with Crippen molar-refractivity contribution in [2.75, 3.05) is 12.4 Å². The highest BCUT2D eigenvalue weighted by atomic mass is 32.2. The molecule has 2 rings (SSSR count). The van der Waals surface area contributed by atoms with E-state index in [-0.39, 0.29) is 5.91 Å². The van der Waals surface area contributed by atoms with Gasteiger partial charge in [-0.3, -0.25) is 4.79 Å². The van der Waals surface area contributed by atoms with Gasteiger partial charge < -0.3 is 10.1 Å². The molecule has 2 aromatic rings. The summed E-state index contributed by atoms with van der Waals surface area (Å²) in [6.07, 6.45) is 1.25. The van der Waals surface area contributed by atoms with Crippen molar-refractivity contribution in [3.8, 4) is 5.75 Å². The van der Waals surface area contributed by atoms with Gasteiger partial charge in [-0.25, -0.2) is 0 Å². The molecule has 0 saturated heterocycles. The maximum Gasteiger partial charge on any atom is 0.247 e. The lowest BCUT2D eigenvalue weighted by molar-refractivity contribution is -0.111. The van der Waals surface area contributed by atoms with E-state index in [1.807, 2.05) is 48.5 Å². The molecule has 2 aromatic carbocycles. The van der Waals surface area contributed by atoms with E-state index < -0.39 is 0 Å². The van der Waals surface area contributed by atoms with Crippen molar-refractivity contribution in [2.24, 2.45) is 0 Å². The van der Waals surface area contributed by atoms with E-state index in [9.17, 15) is 4.79 Å². The first-order valence-electron chi connectivity index (χ1n) is 6.06. The van der Waals surface area contributed by atoms with Crippen LogP contribution in [0.4, 0.5) is 5.69 Å². The van der Waals surface area contributed by atoms with E-state index in [2.05, 4.69) is 11.9 Å². The molecular weight excluding hydrogens is 270 g/mol. The first-order valence-corrected chi connectivity index (χ1v) is 6.88. The number of benzene rings is 2. The highest BCUT2D eigenvalue weighted by Crippen LogP contribution is 2.29. The quantitative estimate of drug-likeness (QED) is 0.845. The summed E-state index contributed by atoms with van der Waals surface area (Å²) in [7, 11) is 1.65. The van der Waals surface area contributed by atoms with E-state index in [4.69, 9.17) is 4.74 Å². The molecule has 0 aliphatic rings. The number of rotatable bonds is 5. The van der Waals surface area contributed by atoms with Crippen molar-refractivity contribution in [3.63, 3.8) is 0 Å². The van der Waals surface area contributed by atoms with Crippen LogP contribution in [0.5, 0.6) is 5.75 Å². The molecule has 0 aromatic heterocycles. The third kappa shape index (κ3) is 3.90. The van der Waals surface area contributed by atoms with E-state index in [1.54, 1.807) is 18.9 Å². The summed E-state index contributed by atoms with van der Waals surface area (Å²) in [4.78, 5) is 13.4. The summed E-state index contributed by atoms with van der Waals surface area (Å²) in [6, 6.07) is 15.6. The molecule has 1 N–H and O–H groups in total. The molecule has 0 aliphatic heterocycles. The van der Waals surface area contributed by atoms with Crippen LogP contribution in [-0.4, -0.2) is 13.0 Å². The average Bonchev–Trinajstić information content (AvgIpc) is 2.50. The highest BCUT2D eigenvalue weighted by Gasteiger charge is 2.00. The number of ether oxygens (including phenoxy) is 1. The number of anilines is 1. The first kappa shape index (κ1) is 14.2. The molecule has 4 heteroatoms. The summed E-state index contributed by atoms with van der Waals surface area (Å²) in [6.45, 7) is 3.42. The van der Waals surface area contributed by atoms with E-state index in [0.717, 1.165) is 21.2 Å². The monoisotopic (exact) mass is 285 g/mol. The Morgan fingerprint density at radius 1 is 1.10 bits per heavy atom. The number of amides is 1.